The molecule has 4 aromatic heterocycles. The second-order valence-corrected chi connectivity index (χ2v) is 5.41. The molecule has 0 radical (unpaired) electrons. The van der Waals surface area contributed by atoms with Gasteiger partial charge in [0, 0.05) is 36.4 Å². The second kappa shape index (κ2) is 5.82. The molecule has 0 bridgehead atoms. The first-order valence-corrected chi connectivity index (χ1v) is 7.56. The first kappa shape index (κ1) is 15.0. The van der Waals surface area contributed by atoms with E-state index in [1.807, 2.05) is 25.3 Å². The van der Waals surface area contributed by atoms with Gasteiger partial charge in [-0.25, -0.2) is 15.0 Å². The van der Waals surface area contributed by atoms with Crippen LogP contribution < -0.4 is 10.3 Å². The third-order valence-electron chi connectivity index (χ3n) is 3.97. The van der Waals surface area contributed by atoms with Gasteiger partial charge in [-0.1, -0.05) is 0 Å². The van der Waals surface area contributed by atoms with Crippen molar-refractivity contribution < 1.29 is 4.74 Å². The lowest BCUT2D eigenvalue weighted by Crippen LogP contribution is -2.24. The summed E-state index contributed by atoms with van der Waals surface area (Å²) in [5.74, 6) is 0.753. The first-order valence-electron chi connectivity index (χ1n) is 7.56. The van der Waals surface area contributed by atoms with Crippen LogP contribution in [0.3, 0.4) is 0 Å². The number of hydrogen-bond donors (Lipinski definition) is 0. The first-order chi connectivity index (χ1) is 12.2. The van der Waals surface area contributed by atoms with Gasteiger partial charge in [-0.15, -0.1) is 0 Å². The lowest BCUT2D eigenvalue weighted by Gasteiger charge is -2.03. The van der Waals surface area contributed by atoms with Crippen LogP contribution in [0.1, 0.15) is 5.56 Å². The minimum atomic E-state index is -0.279. The summed E-state index contributed by atoms with van der Waals surface area (Å²) in [6, 6.07) is 5.38. The monoisotopic (exact) mass is 334 g/mol. The van der Waals surface area contributed by atoms with Gasteiger partial charge in [-0.2, -0.15) is 9.78 Å². The molecule has 0 aliphatic heterocycles. The molecule has 0 unspecified atom stereocenters. The van der Waals surface area contributed by atoms with Gasteiger partial charge < -0.3 is 9.14 Å². The van der Waals surface area contributed by atoms with Gasteiger partial charge in [0.2, 0.25) is 5.88 Å². The third-order valence-corrected chi connectivity index (χ3v) is 3.97. The average Bonchev–Trinajstić information content (AvgIpc) is 3.00. The highest BCUT2D eigenvalue weighted by molar-refractivity contribution is 5.76. The van der Waals surface area contributed by atoms with Gasteiger partial charge >= 0.3 is 0 Å². The number of rotatable bonds is 3. The Morgan fingerprint density at radius 2 is 1.92 bits per heavy atom. The molecule has 0 N–H and O–H groups in total. The van der Waals surface area contributed by atoms with Crippen molar-refractivity contribution in [2.75, 3.05) is 7.11 Å². The number of nitrogens with zero attached hydrogens (tertiary/aromatic N) is 6. The van der Waals surface area contributed by atoms with Crippen LogP contribution in [0.2, 0.25) is 0 Å². The van der Waals surface area contributed by atoms with Crippen molar-refractivity contribution in [1.29, 1.82) is 0 Å². The quantitative estimate of drug-likeness (QED) is 0.566. The molecule has 8 heteroatoms. The van der Waals surface area contributed by atoms with Crippen LogP contribution in [0.15, 0.2) is 54.1 Å². The Morgan fingerprint density at radius 3 is 2.68 bits per heavy atom. The lowest BCUT2D eigenvalue weighted by atomic mass is 10.1. The third kappa shape index (κ3) is 2.44. The van der Waals surface area contributed by atoms with Crippen molar-refractivity contribution in [1.82, 2.24) is 29.1 Å². The minimum absolute atomic E-state index is 0.239. The molecule has 8 nitrogen and oxygen atoms in total. The van der Waals surface area contributed by atoms with Crippen LogP contribution in [0.5, 0.6) is 5.88 Å². The summed E-state index contributed by atoms with van der Waals surface area (Å²) in [4.78, 5) is 25.2. The van der Waals surface area contributed by atoms with Crippen molar-refractivity contribution in [3.05, 3.63) is 65.2 Å². The highest BCUT2D eigenvalue weighted by atomic mass is 16.5. The van der Waals surface area contributed by atoms with E-state index in [0.29, 0.717) is 11.4 Å². The highest BCUT2D eigenvalue weighted by Gasteiger charge is 2.15. The molecule has 0 aliphatic rings. The van der Waals surface area contributed by atoms with E-state index in [1.54, 1.807) is 42.5 Å². The molecule has 0 saturated carbocycles. The zero-order valence-corrected chi connectivity index (χ0v) is 13.6. The van der Waals surface area contributed by atoms with Gasteiger partial charge in [0.15, 0.2) is 0 Å². The molecular formula is C17H14N6O2. The summed E-state index contributed by atoms with van der Waals surface area (Å²) in [5, 5.41) is 4.16. The number of pyridine rings is 1. The zero-order valence-electron chi connectivity index (χ0n) is 13.6. The molecular weight excluding hydrogens is 320 g/mol. The second-order valence-electron chi connectivity index (χ2n) is 5.41. The molecule has 4 aromatic rings. The maximum Gasteiger partial charge on any atom is 0.298 e. The summed E-state index contributed by atoms with van der Waals surface area (Å²) in [6.45, 7) is 1.90. The van der Waals surface area contributed by atoms with Crippen molar-refractivity contribution in [2.24, 2.45) is 0 Å². The van der Waals surface area contributed by atoms with Crippen molar-refractivity contribution in [3.63, 3.8) is 0 Å². The smallest absolute Gasteiger partial charge is 0.298 e. The molecule has 0 aliphatic carbocycles. The normalized spacial score (nSPS) is 11.0. The topological polar surface area (TPSA) is 87.2 Å². The minimum Gasteiger partial charge on any atom is -0.481 e. The Labute approximate surface area is 142 Å². The zero-order chi connectivity index (χ0) is 17.4. The molecule has 0 saturated heterocycles. The summed E-state index contributed by atoms with van der Waals surface area (Å²) >= 11 is 0. The summed E-state index contributed by atoms with van der Waals surface area (Å²) in [7, 11) is 1.57. The molecule has 0 spiro atoms. The Hall–Kier alpha value is -3.55. The molecule has 0 fully saturated rings. The van der Waals surface area contributed by atoms with E-state index < -0.39 is 0 Å². The van der Waals surface area contributed by atoms with Crippen LogP contribution in [-0.2, 0) is 0 Å². The Kier molecular flexibility index (Phi) is 3.50. The van der Waals surface area contributed by atoms with E-state index in [-0.39, 0.29) is 11.5 Å². The van der Waals surface area contributed by atoms with Crippen LogP contribution in [0, 0.1) is 6.92 Å². The largest absolute Gasteiger partial charge is 0.481 e. The maximum absolute atomic E-state index is 12.9. The highest BCUT2D eigenvalue weighted by Crippen LogP contribution is 2.28. The number of fused-ring (bicyclic) bond motifs is 1. The van der Waals surface area contributed by atoms with Crippen molar-refractivity contribution in [2.45, 2.75) is 6.92 Å². The summed E-state index contributed by atoms with van der Waals surface area (Å²) < 4.78 is 8.08. The average molecular weight is 334 g/mol. The van der Waals surface area contributed by atoms with Gasteiger partial charge in [-0.05, 0) is 30.2 Å². The van der Waals surface area contributed by atoms with Crippen LogP contribution in [0.4, 0.5) is 0 Å². The number of methoxy groups -OCH3 is 1. The maximum atomic E-state index is 12.9. The standard InChI is InChI=1S/C17H14N6O2/c1-11-13(12-4-7-18-14(8-12)25-2)9-22-10-21-23(16(24)15(11)22)17-19-5-3-6-20-17/h3-10H,1-2H3. The Morgan fingerprint density at radius 1 is 1.12 bits per heavy atom. The number of hydrogen-bond acceptors (Lipinski definition) is 6. The SMILES string of the molecule is COc1cc(-c2cn3cnn(-c4ncccn4)c(=O)c3c2C)ccn1. The van der Waals surface area contributed by atoms with Gasteiger partial charge in [0.05, 0.1) is 7.11 Å². The van der Waals surface area contributed by atoms with Crippen LogP contribution >= 0.6 is 0 Å². The number of ether oxygens (including phenoxy) is 1. The summed E-state index contributed by atoms with van der Waals surface area (Å²) in [6.07, 6.45) is 8.25. The van der Waals surface area contributed by atoms with E-state index >= 15 is 0 Å². The van der Waals surface area contributed by atoms with E-state index in [2.05, 4.69) is 20.1 Å². The van der Waals surface area contributed by atoms with Gasteiger partial charge in [0.25, 0.3) is 11.5 Å². The Balaban J connectivity index is 1.94. The van der Waals surface area contributed by atoms with Gasteiger partial charge in [-0.3, -0.25) is 4.79 Å². The van der Waals surface area contributed by atoms with E-state index in [1.165, 1.54) is 4.68 Å². The van der Waals surface area contributed by atoms with Crippen LogP contribution in [0.25, 0.3) is 22.6 Å². The van der Waals surface area contributed by atoms with E-state index in [0.717, 1.165) is 16.7 Å². The van der Waals surface area contributed by atoms with Crippen molar-refractivity contribution >= 4 is 5.52 Å². The predicted molar refractivity (Wildman–Crippen MR) is 90.9 cm³/mol. The number of aromatic nitrogens is 6. The molecule has 4 heterocycles. The molecule has 4 rings (SSSR count). The molecule has 25 heavy (non-hydrogen) atoms. The van der Waals surface area contributed by atoms with Crippen LogP contribution in [-0.4, -0.2) is 36.2 Å². The Bertz CT molecular complexity index is 1120. The van der Waals surface area contributed by atoms with Gasteiger partial charge in [0.1, 0.15) is 11.8 Å². The molecule has 0 atom stereocenters. The van der Waals surface area contributed by atoms with E-state index in [9.17, 15) is 4.79 Å². The predicted octanol–water partition coefficient (Wildman–Crippen LogP) is 1.65. The molecule has 0 aromatic carbocycles. The lowest BCUT2D eigenvalue weighted by molar-refractivity contribution is 0.398. The van der Waals surface area contributed by atoms with E-state index in [4.69, 9.17) is 4.74 Å². The fraction of sp³-hybridized carbons (Fsp3) is 0.118. The van der Waals surface area contributed by atoms with Crippen molar-refractivity contribution in [3.8, 4) is 23.0 Å². The number of aryl methyl sites for hydroxylation is 1. The molecule has 124 valence electrons. The fourth-order valence-electron chi connectivity index (χ4n) is 2.77. The molecule has 0 amide bonds. The summed E-state index contributed by atoms with van der Waals surface area (Å²) in [5.41, 5.74) is 2.90. The fourth-order valence-corrected chi connectivity index (χ4v) is 2.77.